The topological polar surface area (TPSA) is 136 Å². The Morgan fingerprint density at radius 3 is 2.22 bits per heavy atom. The number of para-hydroxylation sites is 1. The van der Waals surface area contributed by atoms with Gasteiger partial charge in [0.1, 0.15) is 22.5 Å². The second kappa shape index (κ2) is 15.4. The quantitative estimate of drug-likeness (QED) is 0.148. The van der Waals surface area contributed by atoms with Gasteiger partial charge in [0.2, 0.25) is 5.91 Å². The Morgan fingerprint density at radius 1 is 0.920 bits per heavy atom. The average molecular weight is 692 g/mol. The molecule has 0 unspecified atom stereocenters. The summed E-state index contributed by atoms with van der Waals surface area (Å²) in [6, 6.07) is 28.2. The molecule has 11 nitrogen and oxygen atoms in total. The van der Waals surface area contributed by atoms with Gasteiger partial charge in [-0.25, -0.2) is 9.78 Å². The number of pyridine rings is 2. The minimum absolute atomic E-state index is 0.00676. The number of fused-ring (bicyclic) bond motifs is 1. The summed E-state index contributed by atoms with van der Waals surface area (Å²) in [7, 11) is 0. The van der Waals surface area contributed by atoms with Crippen molar-refractivity contribution in [3.63, 3.8) is 0 Å². The molecule has 3 aromatic carbocycles. The van der Waals surface area contributed by atoms with Crippen LogP contribution < -0.4 is 5.43 Å². The second-order valence-corrected chi connectivity index (χ2v) is 12.8. The molecular formula is C38H37N5O6S. The van der Waals surface area contributed by atoms with E-state index in [0.717, 1.165) is 29.1 Å². The number of nitrogens with zero attached hydrogens (tertiary/aromatic N) is 4. The zero-order chi connectivity index (χ0) is 35.2. The number of aromatic amines is 1. The van der Waals surface area contributed by atoms with Crippen molar-refractivity contribution in [1.29, 1.82) is 0 Å². The van der Waals surface area contributed by atoms with Gasteiger partial charge in [0.25, 0.3) is 5.91 Å². The Hall–Kier alpha value is -5.46. The number of aromatic nitrogens is 2. The van der Waals surface area contributed by atoms with Crippen molar-refractivity contribution in [3.05, 3.63) is 136 Å². The van der Waals surface area contributed by atoms with E-state index >= 15 is 0 Å². The van der Waals surface area contributed by atoms with Gasteiger partial charge in [-0.1, -0.05) is 66.7 Å². The van der Waals surface area contributed by atoms with Crippen LogP contribution in [0.5, 0.6) is 5.75 Å². The summed E-state index contributed by atoms with van der Waals surface area (Å²) in [5, 5.41) is 10.8. The summed E-state index contributed by atoms with van der Waals surface area (Å²) in [4.78, 5) is 65.7. The van der Waals surface area contributed by atoms with Crippen LogP contribution in [0.2, 0.25) is 0 Å². The summed E-state index contributed by atoms with van der Waals surface area (Å²) in [5.74, 6) is -1.83. The number of hydrogen-bond donors (Lipinski definition) is 2. The van der Waals surface area contributed by atoms with Gasteiger partial charge in [0.05, 0.1) is 23.7 Å². The first-order valence-electron chi connectivity index (χ1n) is 16.4. The van der Waals surface area contributed by atoms with Crippen molar-refractivity contribution in [3.8, 4) is 5.75 Å². The standard InChI is InChI=1S/C38H37N5O6S/c1-3-49-38(48)29-17-11-19-39-35(29)50-43(37(47)30-24-32(45)28-16-10-18-31(44)33(28)40-30)25(2)36(46)42-22-20-41(21-23-42)34(26-12-6-4-7-13-26)27-14-8-5-9-15-27/h4-19,24-25,34,44H,3,20-23H2,1-2H3,(H,40,45)/t25-/m1/s1. The summed E-state index contributed by atoms with van der Waals surface area (Å²) in [6.45, 7) is 5.47. The lowest BCUT2D eigenvalue weighted by atomic mass is 9.96. The van der Waals surface area contributed by atoms with E-state index in [2.05, 4.69) is 39.1 Å². The Labute approximate surface area is 293 Å². The van der Waals surface area contributed by atoms with E-state index in [-0.39, 0.29) is 51.5 Å². The fraction of sp³-hybridized carbons (Fsp3) is 0.237. The maximum Gasteiger partial charge on any atom is 0.340 e. The minimum Gasteiger partial charge on any atom is -0.506 e. The fourth-order valence-corrected chi connectivity index (χ4v) is 7.13. The molecule has 0 bridgehead atoms. The predicted octanol–water partition coefficient (Wildman–Crippen LogP) is 5.28. The van der Waals surface area contributed by atoms with Gasteiger partial charge >= 0.3 is 5.97 Å². The van der Waals surface area contributed by atoms with Crippen LogP contribution in [-0.2, 0) is 9.53 Å². The Morgan fingerprint density at radius 2 is 1.58 bits per heavy atom. The van der Waals surface area contributed by atoms with Crippen molar-refractivity contribution in [2.45, 2.75) is 31.0 Å². The molecule has 1 atom stereocenters. The van der Waals surface area contributed by atoms with Gasteiger partial charge in [-0.15, -0.1) is 0 Å². The Balaban J connectivity index is 1.29. The third-order valence-corrected chi connectivity index (χ3v) is 9.83. The zero-order valence-corrected chi connectivity index (χ0v) is 28.5. The molecule has 50 heavy (non-hydrogen) atoms. The van der Waals surface area contributed by atoms with Gasteiger partial charge in [-0.05, 0) is 49.2 Å². The van der Waals surface area contributed by atoms with Crippen LogP contribution in [0, 0.1) is 0 Å². The zero-order valence-electron chi connectivity index (χ0n) is 27.7. The first-order valence-corrected chi connectivity index (χ1v) is 17.2. The van der Waals surface area contributed by atoms with E-state index in [0.29, 0.717) is 26.2 Å². The van der Waals surface area contributed by atoms with Crippen LogP contribution in [0.4, 0.5) is 0 Å². The summed E-state index contributed by atoms with van der Waals surface area (Å²) in [6.07, 6.45) is 1.48. The number of H-pyrrole nitrogens is 1. The molecule has 12 heteroatoms. The number of aromatic hydroxyl groups is 1. The van der Waals surface area contributed by atoms with Crippen LogP contribution in [0.15, 0.2) is 113 Å². The number of nitrogens with one attached hydrogen (secondary N) is 1. The molecule has 1 aliphatic rings. The lowest BCUT2D eigenvalue weighted by Gasteiger charge is -2.41. The van der Waals surface area contributed by atoms with E-state index in [4.69, 9.17) is 4.74 Å². The lowest BCUT2D eigenvalue weighted by molar-refractivity contribution is -0.136. The largest absolute Gasteiger partial charge is 0.506 e. The number of rotatable bonds is 10. The lowest BCUT2D eigenvalue weighted by Crippen LogP contribution is -2.54. The molecule has 5 aromatic rings. The van der Waals surface area contributed by atoms with Crippen molar-refractivity contribution in [2.75, 3.05) is 32.8 Å². The van der Waals surface area contributed by atoms with E-state index in [1.807, 2.05) is 36.4 Å². The molecule has 0 aliphatic carbocycles. The smallest absolute Gasteiger partial charge is 0.340 e. The summed E-state index contributed by atoms with van der Waals surface area (Å²) >= 11 is 0.818. The average Bonchev–Trinajstić information content (AvgIpc) is 3.15. The normalized spacial score (nSPS) is 14.0. The van der Waals surface area contributed by atoms with E-state index < -0.39 is 23.3 Å². The number of ether oxygens (including phenoxy) is 1. The number of phenolic OH excluding ortho intramolecular Hbond substituents is 1. The minimum atomic E-state index is -1.04. The number of piperazine rings is 1. The van der Waals surface area contributed by atoms with E-state index in [9.17, 15) is 24.3 Å². The van der Waals surface area contributed by atoms with Crippen molar-refractivity contribution in [1.82, 2.24) is 24.1 Å². The summed E-state index contributed by atoms with van der Waals surface area (Å²) in [5.41, 5.74) is 1.92. The highest BCUT2D eigenvalue weighted by molar-refractivity contribution is 7.97. The van der Waals surface area contributed by atoms with Crippen molar-refractivity contribution in [2.24, 2.45) is 0 Å². The summed E-state index contributed by atoms with van der Waals surface area (Å²) < 4.78 is 6.43. The third kappa shape index (κ3) is 7.26. The van der Waals surface area contributed by atoms with Crippen molar-refractivity contribution < 1.29 is 24.2 Å². The number of esters is 1. The Kier molecular flexibility index (Phi) is 10.6. The molecule has 3 heterocycles. The number of carbonyl (C=O) groups excluding carboxylic acids is 3. The maximum absolute atomic E-state index is 14.3. The predicted molar refractivity (Wildman–Crippen MR) is 191 cm³/mol. The Bertz CT molecular complexity index is 2010. The number of phenols is 1. The molecule has 2 amide bonds. The molecule has 6 rings (SSSR count). The highest BCUT2D eigenvalue weighted by atomic mass is 32.2. The molecule has 1 saturated heterocycles. The first kappa shape index (κ1) is 34.4. The highest BCUT2D eigenvalue weighted by Crippen LogP contribution is 2.32. The first-order chi connectivity index (χ1) is 24.3. The van der Waals surface area contributed by atoms with Gasteiger partial charge in [-0.2, -0.15) is 0 Å². The van der Waals surface area contributed by atoms with Crippen LogP contribution in [0.3, 0.4) is 0 Å². The molecule has 1 fully saturated rings. The monoisotopic (exact) mass is 691 g/mol. The number of hydrogen-bond acceptors (Lipinski definition) is 9. The fourth-order valence-electron chi connectivity index (χ4n) is 6.16. The molecule has 256 valence electrons. The van der Waals surface area contributed by atoms with E-state index in [1.165, 1.54) is 28.7 Å². The third-order valence-electron chi connectivity index (χ3n) is 8.66. The molecule has 0 radical (unpaired) electrons. The van der Waals surface area contributed by atoms with Crippen LogP contribution in [0.1, 0.15) is 51.9 Å². The van der Waals surface area contributed by atoms with Crippen LogP contribution in [0.25, 0.3) is 10.9 Å². The van der Waals surface area contributed by atoms with Gasteiger partial charge < -0.3 is 19.7 Å². The molecular weight excluding hydrogens is 655 g/mol. The van der Waals surface area contributed by atoms with Crippen LogP contribution in [-0.4, -0.2) is 85.8 Å². The highest BCUT2D eigenvalue weighted by Gasteiger charge is 2.36. The van der Waals surface area contributed by atoms with Gasteiger partial charge in [-0.3, -0.25) is 23.6 Å². The number of carbonyl (C=O) groups is 3. The maximum atomic E-state index is 14.3. The van der Waals surface area contributed by atoms with Crippen molar-refractivity contribution >= 4 is 40.6 Å². The SMILES string of the molecule is CCOC(=O)c1cccnc1SN(C(=O)c1cc(=O)c2cccc(O)c2[nH]1)[C@H](C)C(=O)N1CCN(C(c2ccccc2)c2ccccc2)CC1. The molecule has 0 spiro atoms. The van der Waals surface area contributed by atoms with Gasteiger partial charge in [0.15, 0.2) is 5.43 Å². The molecule has 2 N–H and O–H groups in total. The number of amides is 2. The van der Waals surface area contributed by atoms with E-state index in [1.54, 1.807) is 30.9 Å². The van der Waals surface area contributed by atoms with Crippen LogP contribution >= 0.6 is 11.9 Å². The number of benzene rings is 3. The molecule has 2 aromatic heterocycles. The molecule has 0 saturated carbocycles. The second-order valence-electron chi connectivity index (χ2n) is 11.8. The van der Waals surface area contributed by atoms with Gasteiger partial charge in [0, 0.05) is 55.8 Å². The molecule has 1 aliphatic heterocycles.